The summed E-state index contributed by atoms with van der Waals surface area (Å²) in [4.78, 5) is 22.0. The van der Waals surface area contributed by atoms with Crippen molar-refractivity contribution in [3.63, 3.8) is 0 Å². The van der Waals surface area contributed by atoms with Crippen molar-refractivity contribution in [3.8, 4) is 0 Å². The maximum absolute atomic E-state index is 12.4. The Kier molecular flexibility index (Phi) is 6.45. The Bertz CT molecular complexity index is 522. The van der Waals surface area contributed by atoms with E-state index in [1.165, 1.54) is 0 Å². The van der Waals surface area contributed by atoms with Crippen molar-refractivity contribution in [2.75, 3.05) is 72.1 Å². The molecule has 1 spiro atoms. The predicted octanol–water partition coefficient (Wildman–Crippen LogP) is 1.48. The first-order chi connectivity index (χ1) is 13.5. The molecule has 0 bridgehead atoms. The van der Waals surface area contributed by atoms with Crippen LogP contribution in [0, 0.1) is 0 Å². The van der Waals surface area contributed by atoms with E-state index in [2.05, 4.69) is 28.5 Å². The van der Waals surface area contributed by atoms with Crippen LogP contribution in [0.3, 0.4) is 0 Å². The van der Waals surface area contributed by atoms with Crippen molar-refractivity contribution >= 4 is 6.09 Å². The number of nitrogens with zero attached hydrogens (tertiary/aromatic N) is 4. The van der Waals surface area contributed by atoms with Gasteiger partial charge in [0, 0.05) is 77.3 Å². The van der Waals surface area contributed by atoms with Gasteiger partial charge in [0.05, 0.1) is 13.2 Å². The van der Waals surface area contributed by atoms with Crippen LogP contribution in [0.15, 0.2) is 0 Å². The van der Waals surface area contributed by atoms with Crippen molar-refractivity contribution < 1.29 is 14.3 Å². The van der Waals surface area contributed by atoms with Crippen molar-refractivity contribution in [2.24, 2.45) is 0 Å². The smallest absolute Gasteiger partial charge is 0.410 e. The Morgan fingerprint density at radius 1 is 1.07 bits per heavy atom. The Hall–Kier alpha value is -0.890. The SMILES string of the molecule is CC(C)N1CCN(CCCN2CC3(CCN([C@H]4CCOC4)CC3)OC2=O)CC1. The van der Waals surface area contributed by atoms with E-state index in [1.807, 2.05) is 4.90 Å². The van der Waals surface area contributed by atoms with Crippen LogP contribution in [-0.4, -0.2) is 115 Å². The second kappa shape index (κ2) is 8.86. The Balaban J connectivity index is 1.17. The number of ether oxygens (including phenoxy) is 2. The van der Waals surface area contributed by atoms with Gasteiger partial charge in [-0.25, -0.2) is 4.79 Å². The molecule has 0 aromatic heterocycles. The number of hydrogen-bond acceptors (Lipinski definition) is 6. The predicted molar refractivity (Wildman–Crippen MR) is 109 cm³/mol. The van der Waals surface area contributed by atoms with Crippen LogP contribution < -0.4 is 0 Å². The number of carbonyl (C=O) groups excluding carboxylic acids is 1. The van der Waals surface area contributed by atoms with E-state index in [0.717, 1.165) is 97.8 Å². The van der Waals surface area contributed by atoms with Gasteiger partial charge in [0.1, 0.15) is 5.60 Å². The minimum atomic E-state index is -0.240. The molecule has 7 heteroatoms. The Morgan fingerprint density at radius 3 is 2.46 bits per heavy atom. The molecule has 1 amide bonds. The second-order valence-electron chi connectivity index (χ2n) is 9.35. The second-order valence-corrected chi connectivity index (χ2v) is 9.35. The fourth-order valence-electron chi connectivity index (χ4n) is 5.22. The topological polar surface area (TPSA) is 48.5 Å². The largest absolute Gasteiger partial charge is 0.441 e. The van der Waals surface area contributed by atoms with Crippen LogP contribution in [0.1, 0.15) is 39.5 Å². The molecule has 0 N–H and O–H groups in total. The van der Waals surface area contributed by atoms with Crippen molar-refractivity contribution in [1.82, 2.24) is 19.6 Å². The molecule has 0 aliphatic carbocycles. The number of carbonyl (C=O) groups is 1. The van der Waals surface area contributed by atoms with Gasteiger partial charge in [-0.3, -0.25) is 9.80 Å². The van der Waals surface area contributed by atoms with Crippen LogP contribution in [0.2, 0.25) is 0 Å². The van der Waals surface area contributed by atoms with E-state index in [0.29, 0.717) is 12.1 Å². The fraction of sp³-hybridized carbons (Fsp3) is 0.952. The van der Waals surface area contributed by atoms with Gasteiger partial charge in [0.15, 0.2) is 0 Å². The summed E-state index contributed by atoms with van der Waals surface area (Å²) in [5, 5.41) is 0. The number of amides is 1. The minimum absolute atomic E-state index is 0.0951. The highest BCUT2D eigenvalue weighted by atomic mass is 16.6. The summed E-state index contributed by atoms with van der Waals surface area (Å²) < 4.78 is 11.4. The molecule has 4 heterocycles. The zero-order chi connectivity index (χ0) is 19.6. The zero-order valence-corrected chi connectivity index (χ0v) is 17.8. The lowest BCUT2D eigenvalue weighted by molar-refractivity contribution is -0.0111. The third-order valence-corrected chi connectivity index (χ3v) is 7.21. The molecule has 28 heavy (non-hydrogen) atoms. The van der Waals surface area contributed by atoms with Crippen LogP contribution in [-0.2, 0) is 9.47 Å². The van der Waals surface area contributed by atoms with E-state index >= 15 is 0 Å². The molecule has 0 saturated carbocycles. The van der Waals surface area contributed by atoms with E-state index in [1.54, 1.807) is 0 Å². The number of piperidine rings is 1. The molecule has 7 nitrogen and oxygen atoms in total. The van der Waals surface area contributed by atoms with Gasteiger partial charge in [-0.15, -0.1) is 0 Å². The van der Waals surface area contributed by atoms with Gasteiger partial charge in [-0.1, -0.05) is 0 Å². The summed E-state index contributed by atoms with van der Waals surface area (Å²) in [6, 6.07) is 1.21. The summed E-state index contributed by atoms with van der Waals surface area (Å²) >= 11 is 0. The molecule has 4 fully saturated rings. The van der Waals surface area contributed by atoms with Gasteiger partial charge in [-0.05, 0) is 33.2 Å². The average molecular weight is 395 g/mol. The minimum Gasteiger partial charge on any atom is -0.441 e. The summed E-state index contributed by atoms with van der Waals surface area (Å²) in [5.74, 6) is 0. The average Bonchev–Trinajstić information content (AvgIpc) is 3.32. The van der Waals surface area contributed by atoms with Gasteiger partial charge >= 0.3 is 6.09 Å². The highest BCUT2D eigenvalue weighted by molar-refractivity contribution is 5.70. The van der Waals surface area contributed by atoms with E-state index in [9.17, 15) is 4.79 Å². The molecule has 4 rings (SSSR count). The molecule has 160 valence electrons. The first-order valence-electron chi connectivity index (χ1n) is 11.3. The molecular formula is C21H38N4O3. The summed E-state index contributed by atoms with van der Waals surface area (Å²) in [6.45, 7) is 15.7. The van der Waals surface area contributed by atoms with Gasteiger partial charge in [-0.2, -0.15) is 0 Å². The highest BCUT2D eigenvalue weighted by Gasteiger charge is 2.47. The van der Waals surface area contributed by atoms with Crippen molar-refractivity contribution in [2.45, 2.75) is 57.2 Å². The van der Waals surface area contributed by atoms with E-state index in [-0.39, 0.29) is 11.7 Å². The third-order valence-electron chi connectivity index (χ3n) is 7.21. The zero-order valence-electron chi connectivity index (χ0n) is 17.8. The van der Waals surface area contributed by atoms with E-state index in [4.69, 9.17) is 9.47 Å². The lowest BCUT2D eigenvalue weighted by Gasteiger charge is -2.39. The molecular weight excluding hydrogens is 356 g/mol. The molecule has 1 atom stereocenters. The van der Waals surface area contributed by atoms with Crippen LogP contribution in [0.5, 0.6) is 0 Å². The van der Waals surface area contributed by atoms with Gasteiger partial charge < -0.3 is 19.3 Å². The number of hydrogen-bond donors (Lipinski definition) is 0. The Labute approximate surface area is 169 Å². The van der Waals surface area contributed by atoms with Crippen LogP contribution >= 0.6 is 0 Å². The van der Waals surface area contributed by atoms with Crippen molar-refractivity contribution in [3.05, 3.63) is 0 Å². The summed E-state index contributed by atoms with van der Waals surface area (Å²) in [7, 11) is 0. The number of piperazine rings is 1. The highest BCUT2D eigenvalue weighted by Crippen LogP contribution is 2.34. The number of rotatable bonds is 6. The Morgan fingerprint density at radius 2 is 1.82 bits per heavy atom. The van der Waals surface area contributed by atoms with E-state index < -0.39 is 0 Å². The quantitative estimate of drug-likeness (QED) is 0.680. The molecule has 4 aliphatic rings. The molecule has 4 aliphatic heterocycles. The molecule has 0 unspecified atom stereocenters. The normalized spacial score (nSPS) is 29.9. The van der Waals surface area contributed by atoms with Gasteiger partial charge in [0.25, 0.3) is 0 Å². The lowest BCUT2D eigenvalue weighted by atomic mass is 9.90. The molecule has 0 aromatic carbocycles. The molecule has 0 radical (unpaired) electrons. The molecule has 0 aromatic rings. The lowest BCUT2D eigenvalue weighted by Crippen LogP contribution is -2.50. The van der Waals surface area contributed by atoms with Crippen molar-refractivity contribution in [1.29, 1.82) is 0 Å². The summed E-state index contributed by atoms with van der Waals surface area (Å²) in [6.07, 6.45) is 4.01. The number of likely N-dealkylation sites (tertiary alicyclic amines) is 1. The first-order valence-corrected chi connectivity index (χ1v) is 11.3. The third kappa shape index (κ3) is 4.64. The van der Waals surface area contributed by atoms with Crippen LogP contribution in [0.25, 0.3) is 0 Å². The van der Waals surface area contributed by atoms with Gasteiger partial charge in [0.2, 0.25) is 0 Å². The maximum Gasteiger partial charge on any atom is 0.410 e. The summed E-state index contributed by atoms with van der Waals surface area (Å²) in [5.41, 5.74) is -0.240. The monoisotopic (exact) mass is 394 g/mol. The fourth-order valence-corrected chi connectivity index (χ4v) is 5.22. The van der Waals surface area contributed by atoms with Crippen LogP contribution in [0.4, 0.5) is 4.79 Å². The molecule has 4 saturated heterocycles. The maximum atomic E-state index is 12.4. The standard InChI is InChI=1S/C21H38N4O3/c1-18(2)23-13-11-22(12-14-23)7-3-8-25-17-21(28-20(25)26)5-9-24(10-6-21)19-4-15-27-16-19/h18-19H,3-17H2,1-2H3/t19-/m0/s1. The first kappa shape index (κ1) is 20.4.